The van der Waals surface area contributed by atoms with E-state index in [1.165, 1.54) is 22.9 Å². The van der Waals surface area contributed by atoms with Crippen LogP contribution in [0.25, 0.3) is 5.69 Å². The van der Waals surface area contributed by atoms with Gasteiger partial charge in [0.2, 0.25) is 0 Å². The SMILES string of the molecule is COC(=O)Nc1cc(NC(=O)c2ccn(-c3ccc(Cl)c(Cl)c3)n2)ccc1F. The maximum atomic E-state index is 13.8. The van der Waals surface area contributed by atoms with Gasteiger partial charge in [0.25, 0.3) is 5.91 Å². The fourth-order valence-electron chi connectivity index (χ4n) is 2.27. The van der Waals surface area contributed by atoms with E-state index in [0.29, 0.717) is 15.7 Å². The van der Waals surface area contributed by atoms with E-state index in [-0.39, 0.29) is 17.1 Å². The Morgan fingerprint density at radius 3 is 2.57 bits per heavy atom. The quantitative estimate of drug-likeness (QED) is 0.635. The van der Waals surface area contributed by atoms with Crippen molar-refractivity contribution in [3.63, 3.8) is 0 Å². The molecule has 2 amide bonds. The summed E-state index contributed by atoms with van der Waals surface area (Å²) in [4.78, 5) is 23.7. The van der Waals surface area contributed by atoms with Crippen molar-refractivity contribution < 1.29 is 18.7 Å². The zero-order valence-electron chi connectivity index (χ0n) is 14.4. The number of nitrogens with zero attached hydrogens (tertiary/aromatic N) is 2. The summed E-state index contributed by atoms with van der Waals surface area (Å²) >= 11 is 11.9. The Bertz CT molecular complexity index is 1060. The molecule has 0 saturated carbocycles. The number of halogens is 3. The maximum absolute atomic E-state index is 13.8. The number of methoxy groups -OCH3 is 1. The Labute approximate surface area is 169 Å². The number of nitrogens with one attached hydrogen (secondary N) is 2. The van der Waals surface area contributed by atoms with E-state index in [2.05, 4.69) is 20.5 Å². The van der Waals surface area contributed by atoms with Crippen LogP contribution in [-0.4, -0.2) is 28.9 Å². The predicted octanol–water partition coefficient (Wildman–Crippen LogP) is 4.75. The van der Waals surface area contributed by atoms with Crippen LogP contribution in [0, 0.1) is 5.82 Å². The van der Waals surface area contributed by atoms with Crippen LogP contribution in [0.1, 0.15) is 10.5 Å². The number of ether oxygens (including phenoxy) is 1. The normalized spacial score (nSPS) is 10.4. The molecule has 3 rings (SSSR count). The molecule has 2 aromatic carbocycles. The molecule has 0 aliphatic heterocycles. The highest BCUT2D eigenvalue weighted by atomic mass is 35.5. The first-order valence-electron chi connectivity index (χ1n) is 7.84. The molecule has 0 saturated heterocycles. The van der Waals surface area contributed by atoms with Gasteiger partial charge in [0.1, 0.15) is 5.82 Å². The van der Waals surface area contributed by atoms with Gasteiger partial charge in [0.05, 0.1) is 28.5 Å². The Morgan fingerprint density at radius 2 is 1.86 bits per heavy atom. The van der Waals surface area contributed by atoms with Crippen LogP contribution < -0.4 is 10.6 Å². The van der Waals surface area contributed by atoms with E-state index in [4.69, 9.17) is 23.2 Å². The summed E-state index contributed by atoms with van der Waals surface area (Å²) in [6.07, 6.45) is 0.756. The summed E-state index contributed by atoms with van der Waals surface area (Å²) in [5, 5.41) is 9.75. The average molecular weight is 423 g/mol. The van der Waals surface area contributed by atoms with Gasteiger partial charge in [-0.25, -0.2) is 13.9 Å². The third kappa shape index (κ3) is 4.41. The van der Waals surface area contributed by atoms with E-state index < -0.39 is 17.8 Å². The van der Waals surface area contributed by atoms with Crippen LogP contribution in [-0.2, 0) is 4.74 Å². The minimum absolute atomic E-state index is 0.123. The highest BCUT2D eigenvalue weighted by Crippen LogP contribution is 2.24. The first-order valence-corrected chi connectivity index (χ1v) is 8.60. The van der Waals surface area contributed by atoms with Gasteiger partial charge >= 0.3 is 6.09 Å². The van der Waals surface area contributed by atoms with Gasteiger partial charge < -0.3 is 10.1 Å². The molecular formula is C18H13Cl2FN4O3. The van der Waals surface area contributed by atoms with Crippen LogP contribution >= 0.6 is 23.2 Å². The highest BCUT2D eigenvalue weighted by molar-refractivity contribution is 6.42. The fourth-order valence-corrected chi connectivity index (χ4v) is 2.56. The number of carbonyl (C=O) groups excluding carboxylic acids is 2. The molecule has 1 heterocycles. The maximum Gasteiger partial charge on any atom is 0.411 e. The predicted molar refractivity (Wildman–Crippen MR) is 104 cm³/mol. The lowest BCUT2D eigenvalue weighted by atomic mass is 10.2. The second-order valence-electron chi connectivity index (χ2n) is 5.51. The molecule has 0 spiro atoms. The Kier molecular flexibility index (Phi) is 5.81. The van der Waals surface area contributed by atoms with Crippen molar-refractivity contribution in [3.8, 4) is 5.69 Å². The number of aromatic nitrogens is 2. The summed E-state index contributed by atoms with van der Waals surface area (Å²) < 4.78 is 19.6. The van der Waals surface area contributed by atoms with Gasteiger partial charge in [0.15, 0.2) is 5.69 Å². The van der Waals surface area contributed by atoms with Gasteiger partial charge in [-0.15, -0.1) is 0 Å². The molecule has 144 valence electrons. The van der Waals surface area contributed by atoms with Crippen LogP contribution in [0.4, 0.5) is 20.6 Å². The molecule has 0 aliphatic carbocycles. The molecule has 0 unspecified atom stereocenters. The monoisotopic (exact) mass is 422 g/mol. The minimum Gasteiger partial charge on any atom is -0.453 e. The van der Waals surface area contributed by atoms with E-state index in [9.17, 15) is 14.0 Å². The molecule has 3 aromatic rings. The number of hydrogen-bond donors (Lipinski definition) is 2. The zero-order chi connectivity index (χ0) is 20.3. The second-order valence-corrected chi connectivity index (χ2v) is 6.32. The van der Waals surface area contributed by atoms with E-state index >= 15 is 0 Å². The number of rotatable bonds is 4. The number of anilines is 2. The van der Waals surface area contributed by atoms with Crippen LogP contribution in [0.5, 0.6) is 0 Å². The minimum atomic E-state index is -0.831. The van der Waals surface area contributed by atoms with Crippen LogP contribution in [0.15, 0.2) is 48.7 Å². The van der Waals surface area contributed by atoms with Crippen molar-refractivity contribution in [1.82, 2.24) is 9.78 Å². The van der Waals surface area contributed by atoms with Gasteiger partial charge in [0, 0.05) is 11.9 Å². The van der Waals surface area contributed by atoms with Crippen molar-refractivity contribution >= 4 is 46.6 Å². The summed E-state index contributed by atoms with van der Waals surface area (Å²) in [7, 11) is 1.16. The van der Waals surface area contributed by atoms with Crippen LogP contribution in [0.3, 0.4) is 0 Å². The summed E-state index contributed by atoms with van der Waals surface area (Å²) in [5.74, 6) is -1.19. The summed E-state index contributed by atoms with van der Waals surface area (Å²) in [6.45, 7) is 0. The van der Waals surface area contributed by atoms with Crippen molar-refractivity contribution in [1.29, 1.82) is 0 Å². The second kappa shape index (κ2) is 8.28. The van der Waals surface area contributed by atoms with E-state index in [1.807, 2.05) is 0 Å². The summed E-state index contributed by atoms with van der Waals surface area (Å²) in [6, 6.07) is 10.2. The molecule has 1 aromatic heterocycles. The molecular weight excluding hydrogens is 410 g/mol. The van der Waals surface area contributed by atoms with Crippen molar-refractivity contribution in [2.24, 2.45) is 0 Å². The molecule has 0 atom stereocenters. The summed E-state index contributed by atoms with van der Waals surface area (Å²) in [5.41, 5.74) is 0.880. The smallest absolute Gasteiger partial charge is 0.411 e. The highest BCUT2D eigenvalue weighted by Gasteiger charge is 2.13. The lowest BCUT2D eigenvalue weighted by molar-refractivity contribution is 0.102. The number of hydrogen-bond acceptors (Lipinski definition) is 4. The standard InChI is InChI=1S/C18H13Cl2FN4O3/c1-28-18(27)23-16-8-10(2-5-14(16)21)22-17(26)15-6-7-25(24-15)11-3-4-12(19)13(20)9-11/h2-9H,1H3,(H,22,26)(H,23,27). The van der Waals surface area contributed by atoms with Crippen molar-refractivity contribution in [2.45, 2.75) is 0 Å². The molecule has 28 heavy (non-hydrogen) atoms. The number of carbonyl (C=O) groups is 2. The Morgan fingerprint density at radius 1 is 1.07 bits per heavy atom. The van der Waals surface area contributed by atoms with Gasteiger partial charge in [-0.2, -0.15) is 5.10 Å². The van der Waals surface area contributed by atoms with Gasteiger partial charge in [-0.3, -0.25) is 10.1 Å². The third-order valence-electron chi connectivity index (χ3n) is 3.64. The van der Waals surface area contributed by atoms with Gasteiger partial charge in [-0.1, -0.05) is 23.2 Å². The fraction of sp³-hybridized carbons (Fsp3) is 0.0556. The first-order chi connectivity index (χ1) is 13.4. The Hall–Kier alpha value is -3.10. The lowest BCUT2D eigenvalue weighted by Crippen LogP contribution is -2.15. The molecule has 0 aliphatic rings. The molecule has 0 fully saturated rings. The molecule has 2 N–H and O–H groups in total. The van der Waals surface area contributed by atoms with E-state index in [0.717, 1.165) is 13.2 Å². The first kappa shape index (κ1) is 19.7. The van der Waals surface area contributed by atoms with Crippen molar-refractivity contribution in [3.05, 3.63) is 70.2 Å². The zero-order valence-corrected chi connectivity index (χ0v) is 15.9. The average Bonchev–Trinajstić information content (AvgIpc) is 3.17. The van der Waals surface area contributed by atoms with E-state index in [1.54, 1.807) is 24.4 Å². The molecule has 0 bridgehead atoms. The molecule has 0 radical (unpaired) electrons. The van der Waals surface area contributed by atoms with Crippen LogP contribution in [0.2, 0.25) is 10.0 Å². The third-order valence-corrected chi connectivity index (χ3v) is 4.37. The van der Waals surface area contributed by atoms with Crippen molar-refractivity contribution in [2.75, 3.05) is 17.7 Å². The molecule has 7 nitrogen and oxygen atoms in total. The Balaban J connectivity index is 1.77. The topological polar surface area (TPSA) is 85.3 Å². The number of amides is 2. The van der Waals surface area contributed by atoms with Gasteiger partial charge in [-0.05, 0) is 42.5 Å². The number of benzene rings is 2. The molecule has 10 heteroatoms. The lowest BCUT2D eigenvalue weighted by Gasteiger charge is -2.08. The largest absolute Gasteiger partial charge is 0.453 e.